The van der Waals surface area contributed by atoms with E-state index in [9.17, 15) is 4.79 Å². The van der Waals surface area contributed by atoms with Gasteiger partial charge >= 0.3 is 0 Å². The highest BCUT2D eigenvalue weighted by Gasteiger charge is 2.23. The lowest BCUT2D eigenvalue weighted by atomic mass is 9.99. The predicted molar refractivity (Wildman–Crippen MR) is 90.7 cm³/mol. The van der Waals surface area contributed by atoms with Crippen molar-refractivity contribution in [2.24, 2.45) is 11.7 Å². The number of carbonyl (C=O) groups is 1. The highest BCUT2D eigenvalue weighted by Crippen LogP contribution is 2.35. The van der Waals surface area contributed by atoms with Crippen molar-refractivity contribution in [1.82, 2.24) is 5.32 Å². The first kappa shape index (κ1) is 17.6. The number of fused-ring (bicyclic) bond motifs is 1. The Labute approximate surface area is 138 Å². The van der Waals surface area contributed by atoms with Gasteiger partial charge in [-0.05, 0) is 31.9 Å². The minimum Gasteiger partial charge on any atom is -0.494 e. The van der Waals surface area contributed by atoms with E-state index < -0.39 is 6.04 Å². The number of amides is 1. The molecule has 1 aliphatic heterocycles. The first-order chi connectivity index (χ1) is 11.0. The average Bonchev–Trinajstić information content (AvgIpc) is 2.90. The Bertz CT molecular complexity index is 559. The normalized spacial score (nSPS) is 18.7. The van der Waals surface area contributed by atoms with Crippen LogP contribution in [0.4, 0.5) is 0 Å². The molecule has 23 heavy (non-hydrogen) atoms. The standard InChI is InChI=1S/C18H28N2O3/c1-5-11(3)17(19)18(21)20-10-14-9-16-13(7-12(4)23-16)8-15(14)22-6-2/h8-9,11-12,17H,5-7,10,19H2,1-4H3,(H,20,21). The van der Waals surface area contributed by atoms with Crippen molar-refractivity contribution in [2.45, 2.75) is 59.2 Å². The minimum atomic E-state index is -0.485. The van der Waals surface area contributed by atoms with Crippen LogP contribution in [0.5, 0.6) is 11.5 Å². The van der Waals surface area contributed by atoms with Crippen LogP contribution in [-0.2, 0) is 17.8 Å². The van der Waals surface area contributed by atoms with Gasteiger partial charge in [0.25, 0.3) is 0 Å². The van der Waals surface area contributed by atoms with Gasteiger partial charge in [0.05, 0.1) is 12.6 Å². The second kappa shape index (κ2) is 7.68. The smallest absolute Gasteiger partial charge is 0.237 e. The van der Waals surface area contributed by atoms with Crippen molar-refractivity contribution >= 4 is 5.91 Å². The SMILES string of the molecule is CCOc1cc2c(cc1CNC(=O)C(N)C(C)CC)OC(C)C2. The fourth-order valence-corrected chi connectivity index (χ4v) is 2.72. The summed E-state index contributed by atoms with van der Waals surface area (Å²) in [4.78, 5) is 12.2. The summed E-state index contributed by atoms with van der Waals surface area (Å²) >= 11 is 0. The Kier molecular flexibility index (Phi) is 5.88. The van der Waals surface area contributed by atoms with E-state index >= 15 is 0 Å². The van der Waals surface area contributed by atoms with Crippen molar-refractivity contribution < 1.29 is 14.3 Å². The molecule has 1 heterocycles. The maximum absolute atomic E-state index is 12.2. The van der Waals surface area contributed by atoms with Gasteiger partial charge in [-0.25, -0.2) is 0 Å². The quantitative estimate of drug-likeness (QED) is 0.809. The molecule has 1 aromatic carbocycles. The van der Waals surface area contributed by atoms with Crippen molar-refractivity contribution in [2.75, 3.05) is 6.61 Å². The van der Waals surface area contributed by atoms with E-state index in [1.807, 2.05) is 39.8 Å². The van der Waals surface area contributed by atoms with E-state index in [1.54, 1.807) is 0 Å². The van der Waals surface area contributed by atoms with Gasteiger partial charge < -0.3 is 20.5 Å². The van der Waals surface area contributed by atoms with Crippen LogP contribution in [0.3, 0.4) is 0 Å². The van der Waals surface area contributed by atoms with Gasteiger partial charge in [0, 0.05) is 24.1 Å². The molecule has 5 nitrogen and oxygen atoms in total. The van der Waals surface area contributed by atoms with Gasteiger partial charge in [-0.3, -0.25) is 4.79 Å². The van der Waals surface area contributed by atoms with Crippen molar-refractivity contribution in [3.8, 4) is 11.5 Å². The van der Waals surface area contributed by atoms with Gasteiger partial charge in [0.1, 0.15) is 17.6 Å². The largest absolute Gasteiger partial charge is 0.494 e. The molecule has 3 atom stereocenters. The molecule has 0 radical (unpaired) electrons. The number of hydrogen-bond acceptors (Lipinski definition) is 4. The zero-order chi connectivity index (χ0) is 17.0. The molecule has 5 heteroatoms. The molecule has 128 valence electrons. The van der Waals surface area contributed by atoms with Crippen LogP contribution in [0, 0.1) is 5.92 Å². The summed E-state index contributed by atoms with van der Waals surface area (Å²) in [5.74, 6) is 1.72. The second-order valence-corrected chi connectivity index (χ2v) is 6.26. The Morgan fingerprint density at radius 2 is 2.22 bits per heavy atom. The Hall–Kier alpha value is -1.75. The van der Waals surface area contributed by atoms with Crippen LogP contribution in [0.15, 0.2) is 12.1 Å². The lowest BCUT2D eigenvalue weighted by Crippen LogP contribution is -2.44. The molecule has 1 amide bonds. The van der Waals surface area contributed by atoms with E-state index in [4.69, 9.17) is 15.2 Å². The van der Waals surface area contributed by atoms with Crippen LogP contribution >= 0.6 is 0 Å². The van der Waals surface area contributed by atoms with E-state index in [2.05, 4.69) is 5.32 Å². The number of carbonyl (C=O) groups excluding carboxylic acids is 1. The van der Waals surface area contributed by atoms with Gasteiger partial charge in [0.2, 0.25) is 5.91 Å². The molecule has 0 saturated carbocycles. The van der Waals surface area contributed by atoms with Gasteiger partial charge in [-0.1, -0.05) is 20.3 Å². The van der Waals surface area contributed by atoms with Crippen LogP contribution < -0.4 is 20.5 Å². The zero-order valence-electron chi connectivity index (χ0n) is 14.5. The predicted octanol–water partition coefficient (Wildman–Crippen LogP) is 2.40. The molecule has 0 saturated heterocycles. The summed E-state index contributed by atoms with van der Waals surface area (Å²) in [5.41, 5.74) is 8.05. The van der Waals surface area contributed by atoms with E-state index in [-0.39, 0.29) is 17.9 Å². The molecule has 3 N–H and O–H groups in total. The minimum absolute atomic E-state index is 0.128. The first-order valence-corrected chi connectivity index (χ1v) is 8.44. The molecule has 0 bridgehead atoms. The Morgan fingerprint density at radius 3 is 2.87 bits per heavy atom. The maximum Gasteiger partial charge on any atom is 0.237 e. The molecule has 0 aliphatic carbocycles. The van der Waals surface area contributed by atoms with Crippen molar-refractivity contribution in [1.29, 1.82) is 0 Å². The van der Waals surface area contributed by atoms with Gasteiger partial charge in [-0.2, -0.15) is 0 Å². The number of nitrogens with one attached hydrogen (secondary N) is 1. The van der Waals surface area contributed by atoms with Gasteiger partial charge in [0.15, 0.2) is 0 Å². The van der Waals surface area contributed by atoms with Gasteiger partial charge in [-0.15, -0.1) is 0 Å². The van der Waals surface area contributed by atoms with E-state index in [0.717, 1.165) is 35.5 Å². The van der Waals surface area contributed by atoms with Crippen LogP contribution in [0.2, 0.25) is 0 Å². The monoisotopic (exact) mass is 320 g/mol. The van der Waals surface area contributed by atoms with Crippen LogP contribution in [-0.4, -0.2) is 24.7 Å². The number of hydrogen-bond donors (Lipinski definition) is 2. The summed E-state index contributed by atoms with van der Waals surface area (Å²) in [6.07, 6.45) is 1.95. The summed E-state index contributed by atoms with van der Waals surface area (Å²) in [6.45, 7) is 9.00. The number of nitrogens with two attached hydrogens (primary N) is 1. The van der Waals surface area contributed by atoms with Crippen LogP contribution in [0.1, 0.15) is 45.2 Å². The number of benzene rings is 1. The first-order valence-electron chi connectivity index (χ1n) is 8.44. The zero-order valence-corrected chi connectivity index (χ0v) is 14.5. The topological polar surface area (TPSA) is 73.6 Å². The fraction of sp³-hybridized carbons (Fsp3) is 0.611. The average molecular weight is 320 g/mol. The highest BCUT2D eigenvalue weighted by molar-refractivity contribution is 5.81. The van der Waals surface area contributed by atoms with E-state index in [0.29, 0.717) is 13.2 Å². The number of rotatable bonds is 7. The lowest BCUT2D eigenvalue weighted by molar-refractivity contribution is -0.123. The summed E-state index contributed by atoms with van der Waals surface area (Å²) in [5, 5.41) is 2.92. The van der Waals surface area contributed by atoms with Crippen molar-refractivity contribution in [3.05, 3.63) is 23.3 Å². The molecule has 1 aliphatic rings. The third kappa shape index (κ3) is 4.16. The molecular formula is C18H28N2O3. The van der Waals surface area contributed by atoms with E-state index in [1.165, 1.54) is 0 Å². The summed E-state index contributed by atoms with van der Waals surface area (Å²) in [6, 6.07) is 3.51. The summed E-state index contributed by atoms with van der Waals surface area (Å²) in [7, 11) is 0. The molecule has 1 aromatic rings. The highest BCUT2D eigenvalue weighted by atomic mass is 16.5. The summed E-state index contributed by atoms with van der Waals surface area (Å²) < 4.78 is 11.5. The lowest BCUT2D eigenvalue weighted by Gasteiger charge is -2.19. The molecular weight excluding hydrogens is 292 g/mol. The molecule has 0 fully saturated rings. The van der Waals surface area contributed by atoms with Crippen LogP contribution in [0.25, 0.3) is 0 Å². The Morgan fingerprint density at radius 1 is 1.48 bits per heavy atom. The van der Waals surface area contributed by atoms with Crippen molar-refractivity contribution in [3.63, 3.8) is 0 Å². The Balaban J connectivity index is 2.10. The molecule has 0 spiro atoms. The third-order valence-corrected chi connectivity index (χ3v) is 4.39. The molecule has 3 unspecified atom stereocenters. The maximum atomic E-state index is 12.2. The number of ether oxygens (including phenoxy) is 2. The molecule has 0 aromatic heterocycles. The molecule has 2 rings (SSSR count). The second-order valence-electron chi connectivity index (χ2n) is 6.26. The third-order valence-electron chi connectivity index (χ3n) is 4.39. The fourth-order valence-electron chi connectivity index (χ4n) is 2.72.